The Morgan fingerprint density at radius 2 is 1.83 bits per heavy atom. The van der Waals surface area contributed by atoms with E-state index in [1.54, 1.807) is 12.1 Å². The molecule has 0 aliphatic carbocycles. The molecule has 0 bridgehead atoms. The number of rotatable bonds is 8. The first-order valence-corrected chi connectivity index (χ1v) is 7.96. The molecule has 24 heavy (non-hydrogen) atoms. The molecule has 0 aliphatic heterocycles. The normalized spacial score (nSPS) is 12.0. The van der Waals surface area contributed by atoms with Crippen LogP contribution in [0, 0.1) is 5.82 Å². The Hall–Kier alpha value is -2.40. The summed E-state index contributed by atoms with van der Waals surface area (Å²) in [6.07, 6.45) is 0. The zero-order valence-corrected chi connectivity index (χ0v) is 14.0. The highest BCUT2D eigenvalue weighted by Gasteiger charge is 2.11. The van der Waals surface area contributed by atoms with Gasteiger partial charge in [-0.1, -0.05) is 30.3 Å². The molecule has 0 saturated carbocycles. The number of benzene rings is 2. The summed E-state index contributed by atoms with van der Waals surface area (Å²) in [5.74, 6) is 0.297. The summed E-state index contributed by atoms with van der Waals surface area (Å²) >= 11 is 0. The van der Waals surface area contributed by atoms with Crippen LogP contribution in [0.25, 0.3) is 0 Å². The van der Waals surface area contributed by atoms with Gasteiger partial charge >= 0.3 is 0 Å². The van der Waals surface area contributed by atoms with Gasteiger partial charge < -0.3 is 10.1 Å². The van der Waals surface area contributed by atoms with Crippen molar-refractivity contribution in [3.8, 4) is 5.75 Å². The van der Waals surface area contributed by atoms with Crippen molar-refractivity contribution in [1.82, 2.24) is 10.2 Å². The van der Waals surface area contributed by atoms with E-state index in [1.165, 1.54) is 12.1 Å². The molecule has 128 valence electrons. The van der Waals surface area contributed by atoms with Crippen molar-refractivity contribution < 1.29 is 13.9 Å². The average molecular weight is 330 g/mol. The Labute approximate surface area is 142 Å². The quantitative estimate of drug-likeness (QED) is 0.809. The predicted octanol–water partition coefficient (Wildman–Crippen LogP) is 3.01. The Morgan fingerprint density at radius 3 is 2.50 bits per heavy atom. The molecule has 0 aromatic heterocycles. The third kappa shape index (κ3) is 6.01. The first-order chi connectivity index (χ1) is 11.5. The van der Waals surface area contributed by atoms with Crippen LogP contribution in [0.4, 0.5) is 4.39 Å². The second-order valence-corrected chi connectivity index (χ2v) is 5.74. The second kappa shape index (κ2) is 9.03. The molecule has 1 amide bonds. The third-order valence-corrected chi connectivity index (χ3v) is 3.65. The lowest BCUT2D eigenvalue weighted by Crippen LogP contribution is -2.38. The van der Waals surface area contributed by atoms with Crippen LogP contribution in [0.3, 0.4) is 0 Å². The molecule has 5 heteroatoms. The molecule has 2 rings (SSSR count). The minimum Gasteiger partial charge on any atom is -0.492 e. The van der Waals surface area contributed by atoms with Gasteiger partial charge in [0, 0.05) is 6.54 Å². The number of hydrogen-bond acceptors (Lipinski definition) is 3. The molecule has 0 saturated heterocycles. The highest BCUT2D eigenvalue weighted by atomic mass is 19.1. The van der Waals surface area contributed by atoms with E-state index in [0.717, 1.165) is 5.56 Å². The van der Waals surface area contributed by atoms with E-state index in [-0.39, 0.29) is 17.8 Å². The van der Waals surface area contributed by atoms with Crippen molar-refractivity contribution in [1.29, 1.82) is 0 Å². The van der Waals surface area contributed by atoms with Crippen molar-refractivity contribution in [3.05, 3.63) is 66.0 Å². The maximum atomic E-state index is 12.8. The molecule has 0 radical (unpaired) electrons. The summed E-state index contributed by atoms with van der Waals surface area (Å²) in [7, 11) is 1.86. The molecule has 2 aromatic carbocycles. The highest BCUT2D eigenvalue weighted by molar-refractivity contribution is 5.78. The monoisotopic (exact) mass is 330 g/mol. The van der Waals surface area contributed by atoms with E-state index >= 15 is 0 Å². The lowest BCUT2D eigenvalue weighted by molar-refractivity contribution is -0.122. The van der Waals surface area contributed by atoms with Crippen LogP contribution in [0.15, 0.2) is 54.6 Å². The Kier molecular flexibility index (Phi) is 6.75. The van der Waals surface area contributed by atoms with E-state index in [9.17, 15) is 9.18 Å². The molecule has 0 heterocycles. The summed E-state index contributed by atoms with van der Waals surface area (Å²) in [5, 5.41) is 2.98. The number of likely N-dealkylation sites (N-methyl/N-ethyl adjacent to an activating group) is 1. The first kappa shape index (κ1) is 17.9. The standard InChI is InChI=1S/C19H23FN2O2/c1-15(16-6-4-3-5-7-16)21-19(23)14-22(2)12-13-24-18-10-8-17(20)9-11-18/h3-11,15H,12-14H2,1-2H3,(H,21,23). The fourth-order valence-corrected chi connectivity index (χ4v) is 2.29. The molecular weight excluding hydrogens is 307 g/mol. The van der Waals surface area contributed by atoms with Crippen molar-refractivity contribution in [3.63, 3.8) is 0 Å². The Morgan fingerprint density at radius 1 is 1.17 bits per heavy atom. The number of ether oxygens (including phenoxy) is 1. The van der Waals surface area contributed by atoms with Crippen LogP contribution in [-0.2, 0) is 4.79 Å². The van der Waals surface area contributed by atoms with E-state index in [1.807, 2.05) is 49.2 Å². The maximum Gasteiger partial charge on any atom is 0.234 e. The average Bonchev–Trinajstić information content (AvgIpc) is 2.57. The van der Waals surface area contributed by atoms with Crippen LogP contribution in [0.2, 0.25) is 0 Å². The first-order valence-electron chi connectivity index (χ1n) is 7.96. The topological polar surface area (TPSA) is 41.6 Å². The Bertz CT molecular complexity index is 632. The van der Waals surface area contributed by atoms with Gasteiger partial charge in [-0.15, -0.1) is 0 Å². The van der Waals surface area contributed by atoms with Gasteiger partial charge in [0.25, 0.3) is 0 Å². The van der Waals surface area contributed by atoms with Crippen LogP contribution in [0.1, 0.15) is 18.5 Å². The number of carbonyl (C=O) groups is 1. The number of nitrogens with one attached hydrogen (secondary N) is 1. The molecule has 0 fully saturated rings. The zero-order valence-electron chi connectivity index (χ0n) is 14.0. The van der Waals surface area contributed by atoms with Crippen molar-refractivity contribution in [2.75, 3.05) is 26.7 Å². The molecule has 1 atom stereocenters. The van der Waals surface area contributed by atoms with Crippen LogP contribution < -0.4 is 10.1 Å². The number of amides is 1. The van der Waals surface area contributed by atoms with Gasteiger partial charge in [-0.2, -0.15) is 0 Å². The van der Waals surface area contributed by atoms with Crippen molar-refractivity contribution in [2.45, 2.75) is 13.0 Å². The van der Waals surface area contributed by atoms with Crippen LogP contribution in [-0.4, -0.2) is 37.6 Å². The molecule has 2 aromatic rings. The van der Waals surface area contributed by atoms with Crippen molar-refractivity contribution >= 4 is 5.91 Å². The zero-order chi connectivity index (χ0) is 17.4. The van der Waals surface area contributed by atoms with Gasteiger partial charge in [-0.05, 0) is 43.8 Å². The van der Waals surface area contributed by atoms with E-state index in [4.69, 9.17) is 4.74 Å². The van der Waals surface area contributed by atoms with E-state index in [2.05, 4.69) is 5.32 Å². The summed E-state index contributed by atoms with van der Waals surface area (Å²) in [6.45, 7) is 3.29. The Balaban J connectivity index is 1.68. The molecule has 1 unspecified atom stereocenters. The van der Waals surface area contributed by atoms with E-state index < -0.39 is 0 Å². The van der Waals surface area contributed by atoms with Gasteiger partial charge in [0.1, 0.15) is 18.2 Å². The predicted molar refractivity (Wildman–Crippen MR) is 92.4 cm³/mol. The minimum absolute atomic E-state index is 0.0254. The van der Waals surface area contributed by atoms with Gasteiger partial charge in [-0.3, -0.25) is 9.69 Å². The summed E-state index contributed by atoms with van der Waals surface area (Å²) in [4.78, 5) is 14.0. The summed E-state index contributed by atoms with van der Waals surface area (Å²) in [5.41, 5.74) is 1.08. The minimum atomic E-state index is -0.288. The van der Waals surface area contributed by atoms with E-state index in [0.29, 0.717) is 25.4 Å². The largest absolute Gasteiger partial charge is 0.492 e. The number of nitrogens with zero attached hydrogens (tertiary/aromatic N) is 1. The molecule has 0 spiro atoms. The number of halogens is 1. The third-order valence-electron chi connectivity index (χ3n) is 3.65. The van der Waals surface area contributed by atoms with Crippen LogP contribution >= 0.6 is 0 Å². The number of carbonyl (C=O) groups excluding carboxylic acids is 1. The van der Waals surface area contributed by atoms with Crippen molar-refractivity contribution in [2.24, 2.45) is 0 Å². The molecular formula is C19H23FN2O2. The smallest absolute Gasteiger partial charge is 0.234 e. The highest BCUT2D eigenvalue weighted by Crippen LogP contribution is 2.11. The maximum absolute atomic E-state index is 12.8. The second-order valence-electron chi connectivity index (χ2n) is 5.74. The number of hydrogen-bond donors (Lipinski definition) is 1. The lowest BCUT2D eigenvalue weighted by atomic mass is 10.1. The SMILES string of the molecule is CC(NC(=O)CN(C)CCOc1ccc(F)cc1)c1ccccc1. The molecule has 1 N–H and O–H groups in total. The summed E-state index contributed by atoms with van der Waals surface area (Å²) in [6, 6.07) is 15.7. The fraction of sp³-hybridized carbons (Fsp3) is 0.316. The van der Waals surface area contributed by atoms with Crippen LogP contribution in [0.5, 0.6) is 5.75 Å². The molecule has 0 aliphatic rings. The molecule has 4 nitrogen and oxygen atoms in total. The lowest BCUT2D eigenvalue weighted by Gasteiger charge is -2.19. The van der Waals surface area contributed by atoms with Gasteiger partial charge in [0.2, 0.25) is 5.91 Å². The van der Waals surface area contributed by atoms with Gasteiger partial charge in [-0.25, -0.2) is 4.39 Å². The van der Waals surface area contributed by atoms with Gasteiger partial charge in [0.15, 0.2) is 0 Å². The fourth-order valence-electron chi connectivity index (χ4n) is 2.29. The summed E-state index contributed by atoms with van der Waals surface area (Å²) < 4.78 is 18.3. The van der Waals surface area contributed by atoms with Gasteiger partial charge in [0.05, 0.1) is 12.6 Å².